The van der Waals surface area contributed by atoms with Gasteiger partial charge >= 0.3 is 5.97 Å². The summed E-state index contributed by atoms with van der Waals surface area (Å²) < 4.78 is 15.9. The van der Waals surface area contributed by atoms with Crippen LogP contribution in [0.4, 0.5) is 0 Å². The molecule has 17 heavy (non-hydrogen) atoms. The maximum atomic E-state index is 11.4. The fourth-order valence-corrected chi connectivity index (χ4v) is 1.59. The van der Waals surface area contributed by atoms with Crippen molar-refractivity contribution in [3.63, 3.8) is 0 Å². The van der Waals surface area contributed by atoms with Crippen LogP contribution in [0.1, 0.15) is 5.56 Å². The number of benzene rings is 1. The zero-order valence-electron chi connectivity index (χ0n) is 9.82. The molecule has 0 atom stereocenters. The Balaban J connectivity index is 2.97. The molecule has 5 heteroatoms. The van der Waals surface area contributed by atoms with Gasteiger partial charge in [-0.25, -0.2) is 4.79 Å². The highest BCUT2D eigenvalue weighted by atomic mass is 127. The molecule has 0 bridgehead atoms. The summed E-state index contributed by atoms with van der Waals surface area (Å²) in [4.78, 5) is 11.4. The Kier molecular flexibility index (Phi) is 5.27. The molecular formula is C12H13IO4. The van der Waals surface area contributed by atoms with E-state index in [0.29, 0.717) is 5.75 Å². The van der Waals surface area contributed by atoms with E-state index in [1.54, 1.807) is 0 Å². The van der Waals surface area contributed by atoms with Crippen molar-refractivity contribution in [2.45, 2.75) is 6.92 Å². The number of esters is 1. The Labute approximate surface area is 114 Å². The second-order valence-electron chi connectivity index (χ2n) is 3.22. The standard InChI is InChI=1S/C12H13IO4/c1-8-4-5-9(13)6-10(8)17-11(7-15-2)12(14)16-3/h4-7H,1-3H3. The molecular weight excluding hydrogens is 335 g/mol. The van der Waals surface area contributed by atoms with E-state index in [4.69, 9.17) is 9.47 Å². The van der Waals surface area contributed by atoms with Crippen LogP contribution in [0.2, 0.25) is 0 Å². The van der Waals surface area contributed by atoms with Gasteiger partial charge in [0, 0.05) is 3.57 Å². The largest absolute Gasteiger partial charge is 0.500 e. The van der Waals surface area contributed by atoms with Crippen molar-refractivity contribution in [3.05, 3.63) is 39.4 Å². The lowest BCUT2D eigenvalue weighted by Crippen LogP contribution is -2.11. The molecule has 92 valence electrons. The quantitative estimate of drug-likeness (QED) is 0.363. The van der Waals surface area contributed by atoms with E-state index in [0.717, 1.165) is 9.13 Å². The van der Waals surface area contributed by atoms with Crippen LogP contribution < -0.4 is 4.74 Å². The number of carbonyl (C=O) groups excluding carboxylic acids is 1. The molecule has 0 saturated carbocycles. The summed E-state index contributed by atoms with van der Waals surface area (Å²) in [5.41, 5.74) is 0.927. The molecule has 4 nitrogen and oxygen atoms in total. The third-order valence-corrected chi connectivity index (χ3v) is 2.65. The van der Waals surface area contributed by atoms with Gasteiger partial charge in [-0.15, -0.1) is 0 Å². The van der Waals surface area contributed by atoms with Crippen LogP contribution in [0.3, 0.4) is 0 Å². The highest BCUT2D eigenvalue weighted by Crippen LogP contribution is 2.23. The third-order valence-electron chi connectivity index (χ3n) is 1.98. The van der Waals surface area contributed by atoms with E-state index in [1.165, 1.54) is 20.5 Å². The highest BCUT2D eigenvalue weighted by Gasteiger charge is 2.14. The van der Waals surface area contributed by atoms with Crippen molar-refractivity contribution in [1.82, 2.24) is 0 Å². The topological polar surface area (TPSA) is 44.8 Å². The predicted molar refractivity (Wildman–Crippen MR) is 71.6 cm³/mol. The first-order valence-electron chi connectivity index (χ1n) is 4.83. The second kappa shape index (κ2) is 6.48. The Hall–Kier alpha value is -1.24. The van der Waals surface area contributed by atoms with Gasteiger partial charge in [0.15, 0.2) is 0 Å². The van der Waals surface area contributed by atoms with E-state index in [1.807, 2.05) is 25.1 Å². The number of hydrogen-bond acceptors (Lipinski definition) is 4. The van der Waals surface area contributed by atoms with Crippen molar-refractivity contribution in [1.29, 1.82) is 0 Å². The van der Waals surface area contributed by atoms with E-state index < -0.39 is 5.97 Å². The number of hydrogen-bond donors (Lipinski definition) is 0. The fraction of sp³-hybridized carbons (Fsp3) is 0.250. The molecule has 0 unspecified atom stereocenters. The summed E-state index contributed by atoms with van der Waals surface area (Å²) in [5, 5.41) is 0. The zero-order valence-corrected chi connectivity index (χ0v) is 12.0. The Morgan fingerprint density at radius 2 is 2.06 bits per heavy atom. The predicted octanol–water partition coefficient (Wildman–Crippen LogP) is 2.64. The number of ether oxygens (including phenoxy) is 3. The Morgan fingerprint density at radius 1 is 1.35 bits per heavy atom. The molecule has 0 N–H and O–H groups in total. The van der Waals surface area contributed by atoms with Gasteiger partial charge in [-0.3, -0.25) is 0 Å². The average molecular weight is 348 g/mol. The SMILES string of the molecule is COC=C(Oc1cc(I)ccc1C)C(=O)OC. The lowest BCUT2D eigenvalue weighted by atomic mass is 10.2. The van der Waals surface area contributed by atoms with Crippen molar-refractivity contribution < 1.29 is 19.0 Å². The van der Waals surface area contributed by atoms with Crippen LogP contribution in [-0.2, 0) is 14.3 Å². The van der Waals surface area contributed by atoms with E-state index in [9.17, 15) is 4.79 Å². The van der Waals surface area contributed by atoms with Gasteiger partial charge in [0.1, 0.15) is 12.0 Å². The molecule has 0 aliphatic heterocycles. The maximum Gasteiger partial charge on any atom is 0.377 e. The van der Waals surface area contributed by atoms with Gasteiger partial charge in [0.2, 0.25) is 5.76 Å². The van der Waals surface area contributed by atoms with E-state index in [2.05, 4.69) is 27.3 Å². The van der Waals surface area contributed by atoms with Crippen molar-refractivity contribution >= 4 is 28.6 Å². The number of halogens is 1. The molecule has 0 aliphatic rings. The van der Waals surface area contributed by atoms with Crippen LogP contribution in [0.25, 0.3) is 0 Å². The van der Waals surface area contributed by atoms with Crippen LogP contribution in [0.15, 0.2) is 30.2 Å². The highest BCUT2D eigenvalue weighted by molar-refractivity contribution is 14.1. The second-order valence-corrected chi connectivity index (χ2v) is 4.47. The van der Waals surface area contributed by atoms with Gasteiger partial charge in [0.25, 0.3) is 0 Å². The minimum atomic E-state index is -0.579. The van der Waals surface area contributed by atoms with E-state index >= 15 is 0 Å². The minimum absolute atomic E-state index is 0.0140. The smallest absolute Gasteiger partial charge is 0.377 e. The molecule has 0 heterocycles. The van der Waals surface area contributed by atoms with Crippen molar-refractivity contribution in [2.24, 2.45) is 0 Å². The minimum Gasteiger partial charge on any atom is -0.500 e. The molecule has 1 aromatic carbocycles. The van der Waals surface area contributed by atoms with Crippen LogP contribution in [0, 0.1) is 10.5 Å². The lowest BCUT2D eigenvalue weighted by Gasteiger charge is -2.10. The molecule has 0 radical (unpaired) electrons. The van der Waals surface area contributed by atoms with Crippen LogP contribution in [-0.4, -0.2) is 20.2 Å². The normalized spacial score (nSPS) is 10.9. The third kappa shape index (κ3) is 3.92. The average Bonchev–Trinajstić information content (AvgIpc) is 2.32. The first kappa shape index (κ1) is 13.8. The molecule has 0 spiro atoms. The monoisotopic (exact) mass is 348 g/mol. The molecule has 0 fully saturated rings. The molecule has 0 saturated heterocycles. The molecule has 0 aromatic heterocycles. The molecule has 1 rings (SSSR count). The van der Waals surface area contributed by atoms with Gasteiger partial charge in [-0.1, -0.05) is 6.07 Å². The number of aryl methyl sites for hydroxylation is 1. The number of carbonyl (C=O) groups is 1. The lowest BCUT2D eigenvalue weighted by molar-refractivity contribution is -0.138. The number of rotatable bonds is 4. The summed E-state index contributed by atoms with van der Waals surface area (Å²) in [6, 6.07) is 5.71. The molecule has 1 aromatic rings. The fourth-order valence-electron chi connectivity index (χ4n) is 1.12. The summed E-state index contributed by atoms with van der Waals surface area (Å²) in [7, 11) is 2.73. The summed E-state index contributed by atoms with van der Waals surface area (Å²) >= 11 is 2.17. The van der Waals surface area contributed by atoms with Crippen molar-refractivity contribution in [2.75, 3.05) is 14.2 Å². The van der Waals surface area contributed by atoms with Crippen molar-refractivity contribution in [3.8, 4) is 5.75 Å². The first-order chi connectivity index (χ1) is 8.08. The van der Waals surface area contributed by atoms with Crippen LogP contribution in [0.5, 0.6) is 5.75 Å². The summed E-state index contributed by atoms with van der Waals surface area (Å²) in [5.74, 6) is 0.0378. The van der Waals surface area contributed by atoms with Gasteiger partial charge < -0.3 is 14.2 Å². The first-order valence-corrected chi connectivity index (χ1v) is 5.91. The summed E-state index contributed by atoms with van der Waals surface area (Å²) in [6.45, 7) is 1.90. The van der Waals surface area contributed by atoms with Crippen LogP contribution >= 0.6 is 22.6 Å². The molecule has 0 aliphatic carbocycles. The number of methoxy groups -OCH3 is 2. The van der Waals surface area contributed by atoms with Gasteiger partial charge in [0.05, 0.1) is 14.2 Å². The zero-order chi connectivity index (χ0) is 12.8. The summed E-state index contributed by atoms with van der Waals surface area (Å²) in [6.07, 6.45) is 1.21. The Bertz CT molecular complexity index is 440. The van der Waals surface area contributed by atoms with Gasteiger partial charge in [-0.2, -0.15) is 0 Å². The van der Waals surface area contributed by atoms with E-state index in [-0.39, 0.29) is 5.76 Å². The molecule has 0 amide bonds. The Morgan fingerprint density at radius 3 is 2.65 bits per heavy atom. The maximum absolute atomic E-state index is 11.4. The van der Waals surface area contributed by atoms with Gasteiger partial charge in [-0.05, 0) is 47.2 Å².